The van der Waals surface area contributed by atoms with Crippen molar-refractivity contribution in [2.24, 2.45) is 7.05 Å². The summed E-state index contributed by atoms with van der Waals surface area (Å²) in [5.41, 5.74) is 1.66. The largest absolute Gasteiger partial charge is 0.480 e. The first-order chi connectivity index (χ1) is 8.11. The van der Waals surface area contributed by atoms with Gasteiger partial charge in [0.1, 0.15) is 6.04 Å². The third-order valence-corrected chi connectivity index (χ3v) is 3.21. The molecule has 1 atom stereocenters. The number of aliphatic carboxylic acids is 1. The van der Waals surface area contributed by atoms with E-state index in [1.54, 1.807) is 10.9 Å². The summed E-state index contributed by atoms with van der Waals surface area (Å²) < 4.78 is 6.95. The minimum absolute atomic E-state index is 0.586. The summed E-state index contributed by atoms with van der Waals surface area (Å²) in [6.45, 7) is 4.35. The zero-order valence-corrected chi connectivity index (χ0v) is 10.1. The Morgan fingerprint density at radius 1 is 1.53 bits per heavy atom. The van der Waals surface area contributed by atoms with Gasteiger partial charge in [-0.05, 0) is 6.92 Å². The van der Waals surface area contributed by atoms with Gasteiger partial charge in [0.15, 0.2) is 0 Å². The molecule has 94 valence electrons. The van der Waals surface area contributed by atoms with Crippen LogP contribution >= 0.6 is 0 Å². The highest BCUT2D eigenvalue weighted by molar-refractivity contribution is 5.75. The maximum Gasteiger partial charge on any atom is 0.325 e. The molecule has 6 nitrogen and oxygen atoms in total. The van der Waals surface area contributed by atoms with Gasteiger partial charge in [-0.1, -0.05) is 0 Å². The molecule has 2 heterocycles. The number of hydrogen-bond acceptors (Lipinski definition) is 4. The third-order valence-electron chi connectivity index (χ3n) is 3.21. The van der Waals surface area contributed by atoms with Gasteiger partial charge in [-0.2, -0.15) is 5.10 Å². The summed E-state index contributed by atoms with van der Waals surface area (Å²) in [5, 5.41) is 13.5. The van der Waals surface area contributed by atoms with E-state index in [2.05, 4.69) is 5.10 Å². The molecule has 1 aromatic heterocycles. The van der Waals surface area contributed by atoms with Crippen LogP contribution in [0, 0.1) is 6.92 Å². The Bertz CT molecular complexity index is 410. The lowest BCUT2D eigenvalue weighted by molar-refractivity contribution is -0.145. The molecule has 17 heavy (non-hydrogen) atoms. The first-order valence-corrected chi connectivity index (χ1v) is 5.64. The third kappa shape index (κ3) is 2.32. The van der Waals surface area contributed by atoms with Gasteiger partial charge in [-0.25, -0.2) is 0 Å². The first kappa shape index (κ1) is 12.1. The van der Waals surface area contributed by atoms with Crippen molar-refractivity contribution in [2.45, 2.75) is 13.0 Å². The van der Waals surface area contributed by atoms with Gasteiger partial charge in [0, 0.05) is 31.4 Å². The normalized spacial score (nSPS) is 19.2. The number of ether oxygens (including phenoxy) is 1. The molecule has 1 N–H and O–H groups in total. The summed E-state index contributed by atoms with van der Waals surface area (Å²) in [4.78, 5) is 13.4. The molecule has 0 amide bonds. The molecule has 1 unspecified atom stereocenters. The number of nitrogens with zero attached hydrogens (tertiary/aromatic N) is 3. The molecule has 0 saturated carbocycles. The van der Waals surface area contributed by atoms with Crippen molar-refractivity contribution in [3.63, 3.8) is 0 Å². The fourth-order valence-corrected chi connectivity index (χ4v) is 2.11. The Kier molecular flexibility index (Phi) is 3.44. The van der Waals surface area contributed by atoms with E-state index in [1.165, 1.54) is 0 Å². The van der Waals surface area contributed by atoms with E-state index in [1.807, 2.05) is 18.9 Å². The number of carboxylic acids is 1. The van der Waals surface area contributed by atoms with Crippen LogP contribution < -0.4 is 0 Å². The fourth-order valence-electron chi connectivity index (χ4n) is 2.11. The van der Waals surface area contributed by atoms with E-state index < -0.39 is 12.0 Å². The van der Waals surface area contributed by atoms with Crippen molar-refractivity contribution >= 4 is 5.97 Å². The van der Waals surface area contributed by atoms with Crippen molar-refractivity contribution in [3.05, 3.63) is 17.5 Å². The van der Waals surface area contributed by atoms with Gasteiger partial charge < -0.3 is 9.84 Å². The molecule has 0 aliphatic carbocycles. The van der Waals surface area contributed by atoms with Gasteiger partial charge in [0.05, 0.1) is 19.4 Å². The number of aryl methyl sites for hydroxylation is 1. The number of carboxylic acid groups (broad SMARTS) is 1. The van der Waals surface area contributed by atoms with Crippen LogP contribution in [-0.4, -0.2) is 52.1 Å². The second-order valence-corrected chi connectivity index (χ2v) is 4.20. The minimum atomic E-state index is -0.831. The lowest BCUT2D eigenvalue weighted by atomic mass is 10.1. The van der Waals surface area contributed by atoms with E-state index in [-0.39, 0.29) is 0 Å². The molecule has 6 heteroatoms. The van der Waals surface area contributed by atoms with Gasteiger partial charge in [0.2, 0.25) is 0 Å². The highest BCUT2D eigenvalue weighted by Gasteiger charge is 2.31. The Hall–Kier alpha value is -1.40. The smallest absolute Gasteiger partial charge is 0.325 e. The summed E-state index contributed by atoms with van der Waals surface area (Å²) >= 11 is 0. The zero-order valence-electron chi connectivity index (χ0n) is 10.1. The molecule has 0 bridgehead atoms. The zero-order chi connectivity index (χ0) is 12.4. The lowest BCUT2D eigenvalue weighted by Gasteiger charge is -2.31. The van der Waals surface area contributed by atoms with Gasteiger partial charge in [-0.15, -0.1) is 0 Å². The maximum atomic E-state index is 11.4. The molecule has 1 aromatic rings. The van der Waals surface area contributed by atoms with Gasteiger partial charge in [0.25, 0.3) is 0 Å². The summed E-state index contributed by atoms with van der Waals surface area (Å²) in [6.07, 6.45) is 1.64. The first-order valence-electron chi connectivity index (χ1n) is 5.64. The van der Waals surface area contributed by atoms with Crippen LogP contribution in [0.4, 0.5) is 0 Å². The SMILES string of the molecule is Cc1c(C(C(=O)O)N2CCOCC2)cnn1C. The summed E-state index contributed by atoms with van der Waals surface area (Å²) in [6, 6.07) is -0.618. The quantitative estimate of drug-likeness (QED) is 0.815. The molecule has 1 fully saturated rings. The maximum absolute atomic E-state index is 11.4. The topological polar surface area (TPSA) is 67.6 Å². The minimum Gasteiger partial charge on any atom is -0.480 e. The van der Waals surface area contributed by atoms with Crippen LogP contribution in [0.1, 0.15) is 17.3 Å². The molecule has 0 spiro atoms. The van der Waals surface area contributed by atoms with Crippen molar-refractivity contribution in [2.75, 3.05) is 26.3 Å². The molecular weight excluding hydrogens is 222 g/mol. The van der Waals surface area contributed by atoms with E-state index in [4.69, 9.17) is 4.74 Å². The summed E-state index contributed by atoms with van der Waals surface area (Å²) in [5.74, 6) is -0.831. The van der Waals surface area contributed by atoms with Gasteiger partial charge in [-0.3, -0.25) is 14.4 Å². The van der Waals surface area contributed by atoms with Crippen molar-refractivity contribution in [1.82, 2.24) is 14.7 Å². The Morgan fingerprint density at radius 3 is 2.65 bits per heavy atom. The lowest BCUT2D eigenvalue weighted by Crippen LogP contribution is -2.42. The van der Waals surface area contributed by atoms with Crippen LogP contribution in [0.2, 0.25) is 0 Å². The summed E-state index contributed by atoms with van der Waals surface area (Å²) in [7, 11) is 1.82. The molecule has 0 radical (unpaired) electrons. The second kappa shape index (κ2) is 4.85. The molecular formula is C11H17N3O3. The van der Waals surface area contributed by atoms with Crippen molar-refractivity contribution < 1.29 is 14.6 Å². The highest BCUT2D eigenvalue weighted by atomic mass is 16.5. The monoisotopic (exact) mass is 239 g/mol. The number of hydrogen-bond donors (Lipinski definition) is 1. The predicted molar refractivity (Wildman–Crippen MR) is 60.7 cm³/mol. The van der Waals surface area contributed by atoms with Crippen LogP contribution in [-0.2, 0) is 16.6 Å². The molecule has 1 saturated heterocycles. The van der Waals surface area contributed by atoms with Gasteiger partial charge >= 0.3 is 5.97 Å². The van der Waals surface area contributed by atoms with E-state index in [0.717, 1.165) is 11.3 Å². The standard InChI is InChI=1S/C11H17N3O3/c1-8-9(7-12-13(8)2)10(11(15)16)14-3-5-17-6-4-14/h7,10H,3-6H2,1-2H3,(H,15,16). The Balaban J connectivity index is 2.28. The van der Waals surface area contributed by atoms with Crippen molar-refractivity contribution in [3.8, 4) is 0 Å². The number of rotatable bonds is 3. The molecule has 0 aromatic carbocycles. The number of carbonyl (C=O) groups is 1. The fraction of sp³-hybridized carbons (Fsp3) is 0.636. The number of morpholine rings is 1. The molecule has 1 aliphatic rings. The van der Waals surface area contributed by atoms with Crippen LogP contribution in [0.15, 0.2) is 6.20 Å². The predicted octanol–water partition coefficient (Wildman–Crippen LogP) is 0.186. The van der Waals surface area contributed by atoms with Crippen LogP contribution in [0.3, 0.4) is 0 Å². The second-order valence-electron chi connectivity index (χ2n) is 4.20. The van der Waals surface area contributed by atoms with Crippen molar-refractivity contribution in [1.29, 1.82) is 0 Å². The highest BCUT2D eigenvalue weighted by Crippen LogP contribution is 2.24. The number of aromatic nitrogens is 2. The average molecular weight is 239 g/mol. The van der Waals surface area contributed by atoms with E-state index >= 15 is 0 Å². The average Bonchev–Trinajstić information content (AvgIpc) is 2.63. The van der Waals surface area contributed by atoms with E-state index in [0.29, 0.717) is 26.3 Å². The molecule has 1 aliphatic heterocycles. The Morgan fingerprint density at radius 2 is 2.18 bits per heavy atom. The van der Waals surface area contributed by atoms with Crippen LogP contribution in [0.25, 0.3) is 0 Å². The van der Waals surface area contributed by atoms with Crippen LogP contribution in [0.5, 0.6) is 0 Å². The molecule has 2 rings (SSSR count). The van der Waals surface area contributed by atoms with E-state index in [9.17, 15) is 9.90 Å². The Labute approximate surface area is 99.8 Å².